The predicted octanol–water partition coefficient (Wildman–Crippen LogP) is -3.41. The number of hydrogen-bond acceptors (Lipinski definition) is 8. The highest BCUT2D eigenvalue weighted by atomic mass is 32.2. The molecule has 0 spiro atoms. The molecule has 0 aromatic carbocycles. The number of hydrogen-bond donors (Lipinski definition) is 7. The lowest BCUT2D eigenvalue weighted by Crippen LogP contribution is -2.57. The molecule has 0 bridgehead atoms. The summed E-state index contributed by atoms with van der Waals surface area (Å²) in [5, 5.41) is 24.4. The first-order valence-corrected chi connectivity index (χ1v) is 9.73. The highest BCUT2D eigenvalue weighted by molar-refractivity contribution is 7.98. The number of nitrogens with one attached hydrogen (secondary N) is 3. The number of primary amides is 1. The fourth-order valence-electron chi connectivity index (χ4n) is 2.09. The monoisotopic (exact) mass is 435 g/mol. The summed E-state index contributed by atoms with van der Waals surface area (Å²) in [5.41, 5.74) is 10.2. The Hall–Kier alpha value is -2.87. The highest BCUT2D eigenvalue weighted by Gasteiger charge is 2.30. The van der Waals surface area contributed by atoms with Crippen LogP contribution in [0.4, 0.5) is 0 Å². The quantitative estimate of drug-likeness (QED) is 0.143. The first kappa shape index (κ1) is 26.1. The maximum Gasteiger partial charge on any atom is 0.326 e. The second-order valence-electron chi connectivity index (χ2n) is 5.83. The van der Waals surface area contributed by atoms with Crippen LogP contribution in [0, 0.1) is 0 Å². The van der Waals surface area contributed by atoms with Crippen molar-refractivity contribution >= 4 is 47.3 Å². The Bertz CT molecular complexity index is 644. The van der Waals surface area contributed by atoms with Crippen molar-refractivity contribution in [3.63, 3.8) is 0 Å². The molecule has 0 radical (unpaired) electrons. The molecule has 0 saturated heterocycles. The number of carboxylic acid groups (broad SMARTS) is 2. The van der Waals surface area contributed by atoms with E-state index in [9.17, 15) is 28.8 Å². The third kappa shape index (κ3) is 10.9. The van der Waals surface area contributed by atoms with Crippen LogP contribution in [0.5, 0.6) is 0 Å². The van der Waals surface area contributed by atoms with Gasteiger partial charge < -0.3 is 37.6 Å². The average molecular weight is 435 g/mol. The van der Waals surface area contributed by atoms with Crippen molar-refractivity contribution in [1.82, 2.24) is 16.0 Å². The lowest BCUT2D eigenvalue weighted by atomic mass is 10.1. The van der Waals surface area contributed by atoms with Crippen molar-refractivity contribution in [3.05, 3.63) is 0 Å². The van der Waals surface area contributed by atoms with Crippen molar-refractivity contribution in [2.45, 2.75) is 37.4 Å². The van der Waals surface area contributed by atoms with Gasteiger partial charge in [0, 0.05) is 0 Å². The van der Waals surface area contributed by atoms with Gasteiger partial charge in [-0.05, 0) is 18.4 Å². The minimum Gasteiger partial charge on any atom is -0.481 e. The van der Waals surface area contributed by atoms with E-state index in [1.807, 2.05) is 0 Å². The molecule has 14 heteroatoms. The van der Waals surface area contributed by atoms with Crippen LogP contribution in [0.25, 0.3) is 0 Å². The number of amides is 4. The van der Waals surface area contributed by atoms with Gasteiger partial charge in [0.2, 0.25) is 23.6 Å². The van der Waals surface area contributed by atoms with Crippen LogP contribution >= 0.6 is 11.8 Å². The molecule has 0 aliphatic rings. The molecule has 0 fully saturated rings. The van der Waals surface area contributed by atoms with Gasteiger partial charge in [-0.1, -0.05) is 0 Å². The molecule has 0 rings (SSSR count). The number of aliphatic carboxylic acids is 2. The molecule has 3 atom stereocenters. The van der Waals surface area contributed by atoms with E-state index in [1.165, 1.54) is 11.8 Å². The Labute approximate surface area is 170 Å². The zero-order valence-electron chi connectivity index (χ0n) is 15.7. The fraction of sp³-hybridized carbons (Fsp3) is 0.600. The molecule has 0 aliphatic heterocycles. The van der Waals surface area contributed by atoms with Crippen LogP contribution in [0.1, 0.15) is 19.3 Å². The van der Waals surface area contributed by atoms with Gasteiger partial charge in [0.05, 0.1) is 19.4 Å². The van der Waals surface area contributed by atoms with Gasteiger partial charge in [0.15, 0.2) is 0 Å². The Morgan fingerprint density at radius 3 is 1.90 bits per heavy atom. The van der Waals surface area contributed by atoms with Gasteiger partial charge >= 0.3 is 11.9 Å². The predicted molar refractivity (Wildman–Crippen MR) is 102 cm³/mol. The van der Waals surface area contributed by atoms with Crippen LogP contribution in [0.3, 0.4) is 0 Å². The van der Waals surface area contributed by atoms with Gasteiger partial charge in [-0.15, -0.1) is 0 Å². The lowest BCUT2D eigenvalue weighted by molar-refractivity contribution is -0.147. The Morgan fingerprint density at radius 1 is 0.897 bits per heavy atom. The third-order valence-electron chi connectivity index (χ3n) is 3.48. The van der Waals surface area contributed by atoms with Gasteiger partial charge in [-0.2, -0.15) is 11.8 Å². The van der Waals surface area contributed by atoms with Gasteiger partial charge in [-0.3, -0.25) is 24.0 Å². The van der Waals surface area contributed by atoms with Gasteiger partial charge in [-0.25, -0.2) is 4.79 Å². The van der Waals surface area contributed by atoms with Crippen LogP contribution in [-0.4, -0.2) is 82.5 Å². The first-order valence-electron chi connectivity index (χ1n) is 8.33. The van der Waals surface area contributed by atoms with Gasteiger partial charge in [0.1, 0.15) is 18.1 Å². The van der Waals surface area contributed by atoms with Crippen LogP contribution < -0.4 is 27.4 Å². The summed E-state index contributed by atoms with van der Waals surface area (Å²) in [4.78, 5) is 69.3. The van der Waals surface area contributed by atoms with Crippen molar-refractivity contribution in [1.29, 1.82) is 0 Å². The summed E-state index contributed by atoms with van der Waals surface area (Å²) in [7, 11) is 0. The summed E-state index contributed by atoms with van der Waals surface area (Å²) < 4.78 is 0. The topological polar surface area (TPSA) is 231 Å². The lowest BCUT2D eigenvalue weighted by Gasteiger charge is -2.23. The van der Waals surface area contributed by atoms with E-state index in [2.05, 4.69) is 16.0 Å². The van der Waals surface area contributed by atoms with E-state index in [0.29, 0.717) is 5.75 Å². The third-order valence-corrected chi connectivity index (χ3v) is 4.12. The fourth-order valence-corrected chi connectivity index (χ4v) is 2.56. The molecule has 0 heterocycles. The molecule has 9 N–H and O–H groups in total. The zero-order valence-corrected chi connectivity index (χ0v) is 16.5. The number of rotatable bonds is 14. The standard InChI is InChI=1S/C15H25N5O8S/c1-29-3-2-7(13(25)20-9(15(27)28)5-12(23)24)19-14(26)8(4-10(17)21)18-11(22)6-16/h7-9H,2-6,16H2,1H3,(H2,17,21)(H,18,22)(H,19,26)(H,20,25)(H,23,24)(H,27,28). The number of thioether (sulfide) groups is 1. The molecular formula is C15H25N5O8S. The maximum atomic E-state index is 12.4. The van der Waals surface area contributed by atoms with E-state index >= 15 is 0 Å². The molecule has 0 aliphatic carbocycles. The molecule has 3 unspecified atom stereocenters. The molecule has 29 heavy (non-hydrogen) atoms. The summed E-state index contributed by atoms with van der Waals surface area (Å²) in [6, 6.07) is -4.33. The van der Waals surface area contributed by atoms with Crippen molar-refractivity contribution in [3.8, 4) is 0 Å². The maximum absolute atomic E-state index is 12.4. The second-order valence-corrected chi connectivity index (χ2v) is 6.82. The van der Waals surface area contributed by atoms with Crippen LogP contribution in [-0.2, 0) is 28.8 Å². The van der Waals surface area contributed by atoms with Crippen molar-refractivity contribution in [2.75, 3.05) is 18.6 Å². The summed E-state index contributed by atoms with van der Waals surface area (Å²) in [5.74, 6) is -6.05. The molecule has 164 valence electrons. The second kappa shape index (κ2) is 13.3. The van der Waals surface area contributed by atoms with Crippen LogP contribution in [0.2, 0.25) is 0 Å². The molecule has 0 saturated carbocycles. The molecule has 0 aromatic rings. The smallest absolute Gasteiger partial charge is 0.326 e. The first-order chi connectivity index (χ1) is 13.5. The number of carbonyl (C=O) groups is 6. The minimum absolute atomic E-state index is 0.0757. The minimum atomic E-state index is -1.70. The number of carboxylic acids is 2. The van der Waals surface area contributed by atoms with Crippen molar-refractivity contribution in [2.24, 2.45) is 11.5 Å². The van der Waals surface area contributed by atoms with Crippen LogP contribution in [0.15, 0.2) is 0 Å². The number of carbonyl (C=O) groups excluding carboxylic acids is 4. The molecule has 4 amide bonds. The van der Waals surface area contributed by atoms with E-state index in [-0.39, 0.29) is 6.42 Å². The van der Waals surface area contributed by atoms with Crippen molar-refractivity contribution < 1.29 is 39.0 Å². The Balaban J connectivity index is 5.35. The largest absolute Gasteiger partial charge is 0.481 e. The van der Waals surface area contributed by atoms with E-state index < -0.39 is 73.1 Å². The highest BCUT2D eigenvalue weighted by Crippen LogP contribution is 2.04. The SMILES string of the molecule is CSCCC(NC(=O)C(CC(N)=O)NC(=O)CN)C(=O)NC(CC(=O)O)C(=O)O. The molecule has 13 nitrogen and oxygen atoms in total. The van der Waals surface area contributed by atoms with E-state index in [0.717, 1.165) is 0 Å². The zero-order chi connectivity index (χ0) is 22.6. The average Bonchev–Trinajstić information content (AvgIpc) is 2.62. The van der Waals surface area contributed by atoms with E-state index in [4.69, 9.17) is 21.7 Å². The van der Waals surface area contributed by atoms with E-state index in [1.54, 1.807) is 6.26 Å². The Kier molecular flexibility index (Phi) is 12.0. The Morgan fingerprint density at radius 2 is 1.45 bits per heavy atom. The number of nitrogens with two attached hydrogens (primary N) is 2. The molecular weight excluding hydrogens is 410 g/mol. The summed E-state index contributed by atoms with van der Waals surface area (Å²) in [6.45, 7) is -0.450. The van der Waals surface area contributed by atoms with Gasteiger partial charge in [0.25, 0.3) is 0 Å². The summed E-state index contributed by atoms with van der Waals surface area (Å²) in [6.07, 6.45) is 0.400. The molecule has 0 aromatic heterocycles. The normalized spacial score (nSPS) is 13.4. The summed E-state index contributed by atoms with van der Waals surface area (Å²) >= 11 is 1.34.